The summed E-state index contributed by atoms with van der Waals surface area (Å²) >= 11 is 0. The zero-order chi connectivity index (χ0) is 17.1. The van der Waals surface area contributed by atoms with E-state index in [0.29, 0.717) is 25.8 Å². The molecule has 0 spiro atoms. The number of fused-ring (bicyclic) bond motifs is 1. The Labute approximate surface area is 140 Å². The van der Waals surface area contributed by atoms with Crippen LogP contribution in [-0.4, -0.2) is 40.7 Å². The minimum absolute atomic E-state index is 0.229. The lowest BCUT2D eigenvalue weighted by atomic mass is 10.1. The number of rotatable bonds is 6. The van der Waals surface area contributed by atoms with Crippen LogP contribution in [0.4, 0.5) is 0 Å². The lowest BCUT2D eigenvalue weighted by molar-refractivity contribution is -0.151. The fourth-order valence-electron chi connectivity index (χ4n) is 3.22. The van der Waals surface area contributed by atoms with Crippen LogP contribution in [0.2, 0.25) is 0 Å². The first-order valence-corrected chi connectivity index (χ1v) is 8.34. The van der Waals surface area contributed by atoms with Gasteiger partial charge in [-0.3, -0.25) is 4.79 Å². The molecule has 1 aliphatic heterocycles. The fraction of sp³-hybridized carbons (Fsp3) is 0.444. The number of amides is 1. The maximum atomic E-state index is 12.1. The Morgan fingerprint density at radius 2 is 2.08 bits per heavy atom. The van der Waals surface area contributed by atoms with Crippen molar-refractivity contribution in [2.45, 2.75) is 44.8 Å². The second kappa shape index (κ2) is 7.05. The maximum Gasteiger partial charge on any atom is 0.332 e. The highest BCUT2D eigenvalue weighted by molar-refractivity contribution is 5.86. The van der Waals surface area contributed by atoms with Gasteiger partial charge in [0.25, 0.3) is 0 Å². The van der Waals surface area contributed by atoms with Crippen LogP contribution in [0.3, 0.4) is 0 Å². The number of carbonyl (C=O) groups is 2. The van der Waals surface area contributed by atoms with Gasteiger partial charge in [-0.15, -0.1) is 0 Å². The summed E-state index contributed by atoms with van der Waals surface area (Å²) < 4.78 is 5.26. The van der Waals surface area contributed by atoms with Crippen LogP contribution in [-0.2, 0) is 27.2 Å². The first kappa shape index (κ1) is 16.5. The molecule has 1 saturated heterocycles. The summed E-state index contributed by atoms with van der Waals surface area (Å²) in [6, 6.07) is 6.25. The quantitative estimate of drug-likeness (QED) is 0.756. The van der Waals surface area contributed by atoms with E-state index in [1.165, 1.54) is 10.9 Å². The smallest absolute Gasteiger partial charge is 0.332 e. The second-order valence-electron chi connectivity index (χ2n) is 6.08. The number of aromatic nitrogens is 1. The van der Waals surface area contributed by atoms with E-state index in [-0.39, 0.29) is 5.91 Å². The average molecular weight is 330 g/mol. The molecule has 0 saturated carbocycles. The lowest BCUT2D eigenvalue weighted by Gasteiger charge is -2.11. The van der Waals surface area contributed by atoms with Crippen LogP contribution < -0.4 is 5.32 Å². The first-order chi connectivity index (χ1) is 11.6. The molecule has 3 rings (SSSR count). The number of carboxylic acid groups (broad SMARTS) is 1. The van der Waals surface area contributed by atoms with E-state index < -0.39 is 18.2 Å². The van der Waals surface area contributed by atoms with Crippen molar-refractivity contribution in [1.29, 1.82) is 0 Å². The molecule has 0 unspecified atom stereocenters. The Balaban J connectivity index is 1.55. The molecular weight excluding hydrogens is 308 g/mol. The van der Waals surface area contributed by atoms with Crippen molar-refractivity contribution in [3.05, 3.63) is 35.5 Å². The van der Waals surface area contributed by atoms with Gasteiger partial charge in [-0.1, -0.05) is 25.1 Å². The van der Waals surface area contributed by atoms with E-state index in [9.17, 15) is 9.59 Å². The molecule has 2 heterocycles. The van der Waals surface area contributed by atoms with Crippen molar-refractivity contribution in [2.24, 2.45) is 0 Å². The van der Waals surface area contributed by atoms with Gasteiger partial charge in [0, 0.05) is 23.6 Å². The Kier molecular flexibility index (Phi) is 4.85. The summed E-state index contributed by atoms with van der Waals surface area (Å²) in [6.45, 7) is 2.63. The van der Waals surface area contributed by atoms with Crippen molar-refractivity contribution < 1.29 is 19.4 Å². The molecular formula is C18H22N2O4. The van der Waals surface area contributed by atoms with Crippen molar-refractivity contribution in [3.63, 3.8) is 0 Å². The zero-order valence-corrected chi connectivity index (χ0v) is 13.7. The largest absolute Gasteiger partial charge is 0.479 e. The van der Waals surface area contributed by atoms with Crippen molar-refractivity contribution in [3.8, 4) is 0 Å². The molecule has 3 N–H and O–H groups in total. The molecule has 2 atom stereocenters. The number of H-pyrrole nitrogens is 1. The average Bonchev–Trinajstić information content (AvgIpc) is 3.22. The molecule has 24 heavy (non-hydrogen) atoms. The third-order valence-electron chi connectivity index (χ3n) is 4.55. The molecule has 1 fully saturated rings. The van der Waals surface area contributed by atoms with Crippen molar-refractivity contribution in [1.82, 2.24) is 10.3 Å². The predicted molar refractivity (Wildman–Crippen MR) is 89.9 cm³/mol. The van der Waals surface area contributed by atoms with Gasteiger partial charge in [-0.05, 0) is 36.8 Å². The van der Waals surface area contributed by atoms with Gasteiger partial charge in [-0.2, -0.15) is 0 Å². The Hall–Kier alpha value is -2.34. The number of nitrogens with one attached hydrogen (secondary N) is 2. The maximum absolute atomic E-state index is 12.1. The van der Waals surface area contributed by atoms with Crippen LogP contribution in [0.1, 0.15) is 30.9 Å². The molecule has 6 heteroatoms. The number of aryl methyl sites for hydroxylation is 1. The molecule has 0 radical (unpaired) electrons. The summed E-state index contributed by atoms with van der Waals surface area (Å²) in [4.78, 5) is 26.2. The van der Waals surface area contributed by atoms with Crippen LogP contribution >= 0.6 is 0 Å². The Morgan fingerprint density at radius 3 is 2.79 bits per heavy atom. The summed E-state index contributed by atoms with van der Waals surface area (Å²) in [7, 11) is 0. The normalized spacial score (nSPS) is 20.4. The van der Waals surface area contributed by atoms with E-state index in [1.54, 1.807) is 0 Å². The minimum atomic E-state index is -1.00. The number of hydrogen-bond acceptors (Lipinski definition) is 3. The number of aliphatic carboxylic acids is 1. The van der Waals surface area contributed by atoms with Gasteiger partial charge < -0.3 is 20.1 Å². The highest BCUT2D eigenvalue weighted by Crippen LogP contribution is 2.23. The Bertz CT molecular complexity index is 753. The number of hydrogen-bond donors (Lipinski definition) is 3. The Morgan fingerprint density at radius 1 is 1.29 bits per heavy atom. The van der Waals surface area contributed by atoms with Crippen molar-refractivity contribution >= 4 is 22.8 Å². The number of aromatic amines is 1. The van der Waals surface area contributed by atoms with Gasteiger partial charge in [0.1, 0.15) is 6.10 Å². The van der Waals surface area contributed by atoms with Gasteiger partial charge in [-0.25, -0.2) is 4.79 Å². The highest BCUT2D eigenvalue weighted by atomic mass is 16.5. The number of para-hydroxylation sites is 1. The number of carboxylic acids is 1. The third-order valence-corrected chi connectivity index (χ3v) is 4.55. The summed E-state index contributed by atoms with van der Waals surface area (Å²) in [6.07, 6.45) is 3.00. The third kappa shape index (κ3) is 3.28. The highest BCUT2D eigenvalue weighted by Gasteiger charge is 2.34. The topological polar surface area (TPSA) is 91.4 Å². The van der Waals surface area contributed by atoms with E-state index in [1.807, 2.05) is 6.20 Å². The molecule has 128 valence electrons. The first-order valence-electron chi connectivity index (χ1n) is 8.34. The summed E-state index contributed by atoms with van der Waals surface area (Å²) in [5.41, 5.74) is 3.60. The minimum Gasteiger partial charge on any atom is -0.479 e. The number of benzene rings is 1. The van der Waals surface area contributed by atoms with E-state index in [4.69, 9.17) is 9.84 Å². The molecule has 6 nitrogen and oxygen atoms in total. The van der Waals surface area contributed by atoms with Gasteiger partial charge >= 0.3 is 5.97 Å². The molecule has 2 aromatic rings. The van der Waals surface area contributed by atoms with Crippen LogP contribution in [0.5, 0.6) is 0 Å². The van der Waals surface area contributed by atoms with Gasteiger partial charge in [0.2, 0.25) is 5.91 Å². The molecule has 1 aromatic heterocycles. The van der Waals surface area contributed by atoms with E-state index >= 15 is 0 Å². The van der Waals surface area contributed by atoms with Crippen LogP contribution in [0, 0.1) is 0 Å². The lowest BCUT2D eigenvalue weighted by Crippen LogP contribution is -2.36. The standard InChI is InChI=1S/C18H22N2O4/c1-2-11-4-3-5-13-12(10-20-16(11)13)8-9-19-17(21)14-6-7-15(24-14)18(22)23/h3-5,10,14-15,20H,2,6-9H2,1H3,(H,19,21)(H,22,23)/t14-,15+/m0/s1. The van der Waals surface area contributed by atoms with Gasteiger partial charge in [0.05, 0.1) is 0 Å². The predicted octanol–water partition coefficient (Wildman–Crippen LogP) is 2.02. The van der Waals surface area contributed by atoms with Crippen molar-refractivity contribution in [2.75, 3.05) is 6.54 Å². The summed E-state index contributed by atoms with van der Waals surface area (Å²) in [5, 5.41) is 12.9. The SMILES string of the molecule is CCc1cccc2c(CCNC(=O)[C@@H]3CC[C@H](C(=O)O)O3)c[nH]c12. The zero-order valence-electron chi connectivity index (χ0n) is 13.7. The molecule has 0 bridgehead atoms. The molecule has 1 aromatic carbocycles. The number of carbonyl (C=O) groups excluding carboxylic acids is 1. The van der Waals surface area contributed by atoms with Crippen LogP contribution in [0.25, 0.3) is 10.9 Å². The second-order valence-corrected chi connectivity index (χ2v) is 6.08. The van der Waals surface area contributed by atoms with E-state index in [2.05, 4.69) is 35.4 Å². The number of ether oxygens (including phenoxy) is 1. The monoisotopic (exact) mass is 330 g/mol. The molecule has 0 aliphatic carbocycles. The molecule has 1 amide bonds. The van der Waals surface area contributed by atoms with Gasteiger partial charge in [0.15, 0.2) is 6.10 Å². The summed E-state index contributed by atoms with van der Waals surface area (Å²) in [5.74, 6) is -1.23. The van der Waals surface area contributed by atoms with E-state index in [0.717, 1.165) is 17.5 Å². The molecule has 1 aliphatic rings. The fourth-order valence-corrected chi connectivity index (χ4v) is 3.22. The van der Waals surface area contributed by atoms with Crippen LogP contribution in [0.15, 0.2) is 24.4 Å².